The number of unbranched alkanes of at least 4 members (excludes halogenated alkanes) is 1. The van der Waals surface area contributed by atoms with Gasteiger partial charge in [-0.05, 0) is 31.0 Å². The van der Waals surface area contributed by atoms with Crippen LogP contribution < -0.4 is 4.74 Å². The molecule has 0 saturated carbocycles. The third kappa shape index (κ3) is 5.29. The summed E-state index contributed by atoms with van der Waals surface area (Å²) in [6.45, 7) is 6.30. The van der Waals surface area contributed by atoms with Crippen molar-refractivity contribution in [3.63, 3.8) is 0 Å². The van der Waals surface area contributed by atoms with Crippen LogP contribution in [0.4, 0.5) is 0 Å². The number of hydrogen-bond acceptors (Lipinski definition) is 2. The van der Waals surface area contributed by atoms with E-state index < -0.39 is 0 Å². The van der Waals surface area contributed by atoms with Crippen molar-refractivity contribution in [2.45, 2.75) is 32.0 Å². The highest BCUT2D eigenvalue weighted by Gasteiger charge is 2.08. The average molecular weight is 380 g/mol. The predicted octanol–water partition coefficient (Wildman–Crippen LogP) is 4.85. The molecule has 0 aliphatic heterocycles. The molecule has 0 unspecified atom stereocenters. The second kappa shape index (κ2) is 8.94. The maximum Gasteiger partial charge on any atom is 0.126 e. The molecule has 0 saturated heterocycles. The summed E-state index contributed by atoms with van der Waals surface area (Å²) in [5, 5.41) is 0.791. The van der Waals surface area contributed by atoms with E-state index in [0.29, 0.717) is 13.2 Å². The molecule has 0 N–H and O–H groups in total. The number of halogens is 2. The van der Waals surface area contributed by atoms with Crippen molar-refractivity contribution < 1.29 is 9.47 Å². The zero-order chi connectivity index (χ0) is 13.4. The highest BCUT2D eigenvalue weighted by atomic mass is 79.9. The molecule has 2 nitrogen and oxygen atoms in total. The second-order valence-corrected chi connectivity index (χ2v) is 5.64. The van der Waals surface area contributed by atoms with Gasteiger partial charge >= 0.3 is 0 Å². The van der Waals surface area contributed by atoms with Crippen LogP contribution in [0.5, 0.6) is 5.75 Å². The van der Waals surface area contributed by atoms with Crippen LogP contribution in [0.25, 0.3) is 0 Å². The molecule has 0 spiro atoms. The van der Waals surface area contributed by atoms with Gasteiger partial charge in [0.25, 0.3) is 0 Å². The minimum absolute atomic E-state index is 0.603. The van der Waals surface area contributed by atoms with Crippen molar-refractivity contribution >= 4 is 31.9 Å². The van der Waals surface area contributed by atoms with Gasteiger partial charge in [-0.15, -0.1) is 0 Å². The molecule has 102 valence electrons. The zero-order valence-electron chi connectivity index (χ0n) is 11.0. The SMILES string of the molecule is CCCCOCCOc1c(C)cc(Br)cc1CBr. The Morgan fingerprint density at radius 3 is 2.61 bits per heavy atom. The summed E-state index contributed by atoms with van der Waals surface area (Å²) in [5.41, 5.74) is 2.31. The number of alkyl halides is 1. The second-order valence-electron chi connectivity index (χ2n) is 4.16. The summed E-state index contributed by atoms with van der Waals surface area (Å²) in [4.78, 5) is 0. The Morgan fingerprint density at radius 2 is 1.94 bits per heavy atom. The normalized spacial score (nSPS) is 10.7. The van der Waals surface area contributed by atoms with Crippen LogP contribution in [0.2, 0.25) is 0 Å². The van der Waals surface area contributed by atoms with Gasteiger partial charge in [-0.25, -0.2) is 0 Å². The lowest BCUT2D eigenvalue weighted by atomic mass is 10.1. The molecule has 1 rings (SSSR count). The van der Waals surface area contributed by atoms with E-state index in [0.717, 1.165) is 39.7 Å². The Kier molecular flexibility index (Phi) is 7.95. The Morgan fingerprint density at radius 1 is 1.17 bits per heavy atom. The van der Waals surface area contributed by atoms with Gasteiger partial charge in [-0.3, -0.25) is 0 Å². The third-order valence-electron chi connectivity index (χ3n) is 2.58. The van der Waals surface area contributed by atoms with E-state index in [4.69, 9.17) is 9.47 Å². The largest absolute Gasteiger partial charge is 0.491 e. The van der Waals surface area contributed by atoms with Crippen LogP contribution in [0.1, 0.15) is 30.9 Å². The van der Waals surface area contributed by atoms with Crippen molar-refractivity contribution in [1.29, 1.82) is 0 Å². The lowest BCUT2D eigenvalue weighted by Crippen LogP contribution is -2.09. The van der Waals surface area contributed by atoms with Gasteiger partial charge in [0, 0.05) is 22.0 Å². The average Bonchev–Trinajstić information content (AvgIpc) is 2.35. The van der Waals surface area contributed by atoms with Crippen molar-refractivity contribution in [2.24, 2.45) is 0 Å². The first kappa shape index (κ1) is 16.0. The number of benzene rings is 1. The lowest BCUT2D eigenvalue weighted by Gasteiger charge is -2.13. The Labute approximate surface area is 126 Å². The number of aryl methyl sites for hydroxylation is 1. The first-order valence-electron chi connectivity index (χ1n) is 6.24. The number of ether oxygens (including phenoxy) is 2. The predicted molar refractivity (Wildman–Crippen MR) is 82.7 cm³/mol. The van der Waals surface area contributed by atoms with E-state index in [1.54, 1.807) is 0 Å². The van der Waals surface area contributed by atoms with Crippen molar-refractivity contribution in [3.05, 3.63) is 27.7 Å². The smallest absolute Gasteiger partial charge is 0.126 e. The molecule has 1 aromatic rings. The molecule has 18 heavy (non-hydrogen) atoms. The van der Waals surface area contributed by atoms with Gasteiger partial charge in [0.15, 0.2) is 0 Å². The van der Waals surface area contributed by atoms with Gasteiger partial charge in [0.1, 0.15) is 12.4 Å². The van der Waals surface area contributed by atoms with Crippen LogP contribution in [0.3, 0.4) is 0 Å². The van der Waals surface area contributed by atoms with Crippen LogP contribution in [0, 0.1) is 6.92 Å². The minimum Gasteiger partial charge on any atom is -0.491 e. The summed E-state index contributed by atoms with van der Waals surface area (Å²) < 4.78 is 12.4. The van der Waals surface area contributed by atoms with E-state index in [1.165, 1.54) is 6.42 Å². The molecule has 0 atom stereocenters. The fourth-order valence-corrected chi connectivity index (χ4v) is 2.69. The summed E-state index contributed by atoms with van der Waals surface area (Å²) >= 11 is 6.98. The van der Waals surface area contributed by atoms with Crippen molar-refractivity contribution in [2.75, 3.05) is 19.8 Å². The summed E-state index contributed by atoms with van der Waals surface area (Å²) in [6.07, 6.45) is 2.28. The molecule has 0 bridgehead atoms. The van der Waals surface area contributed by atoms with Crippen LogP contribution in [0.15, 0.2) is 16.6 Å². The van der Waals surface area contributed by atoms with E-state index in [9.17, 15) is 0 Å². The maximum absolute atomic E-state index is 5.82. The van der Waals surface area contributed by atoms with E-state index in [2.05, 4.69) is 57.8 Å². The maximum atomic E-state index is 5.82. The summed E-state index contributed by atoms with van der Waals surface area (Å²) in [7, 11) is 0. The molecule has 0 aromatic heterocycles. The number of rotatable bonds is 8. The van der Waals surface area contributed by atoms with Crippen molar-refractivity contribution in [1.82, 2.24) is 0 Å². The van der Waals surface area contributed by atoms with E-state index in [1.807, 2.05) is 0 Å². The molecule has 0 fully saturated rings. The van der Waals surface area contributed by atoms with E-state index >= 15 is 0 Å². The monoisotopic (exact) mass is 378 g/mol. The summed E-state index contributed by atoms with van der Waals surface area (Å²) in [5.74, 6) is 0.967. The first-order valence-corrected chi connectivity index (χ1v) is 8.16. The standard InChI is InChI=1S/C14H20Br2O2/c1-3-4-5-17-6-7-18-14-11(2)8-13(16)9-12(14)10-15/h8-9H,3-7,10H2,1-2H3. The lowest BCUT2D eigenvalue weighted by molar-refractivity contribution is 0.0976. The highest BCUT2D eigenvalue weighted by molar-refractivity contribution is 9.10. The van der Waals surface area contributed by atoms with Crippen molar-refractivity contribution in [3.8, 4) is 5.75 Å². The molecule has 0 aliphatic rings. The highest BCUT2D eigenvalue weighted by Crippen LogP contribution is 2.29. The molecule has 4 heteroatoms. The molecular weight excluding hydrogens is 360 g/mol. The summed E-state index contributed by atoms with van der Waals surface area (Å²) in [6, 6.07) is 4.15. The minimum atomic E-state index is 0.603. The number of hydrogen-bond donors (Lipinski definition) is 0. The van der Waals surface area contributed by atoms with Gasteiger partial charge < -0.3 is 9.47 Å². The van der Waals surface area contributed by atoms with Crippen LogP contribution >= 0.6 is 31.9 Å². The first-order chi connectivity index (χ1) is 8.69. The quantitative estimate of drug-likeness (QED) is 0.474. The molecular formula is C14H20Br2O2. The van der Waals surface area contributed by atoms with Gasteiger partial charge in [0.05, 0.1) is 6.61 Å². The molecule has 0 amide bonds. The fraction of sp³-hybridized carbons (Fsp3) is 0.571. The molecule has 1 aromatic carbocycles. The molecule has 0 radical (unpaired) electrons. The van der Waals surface area contributed by atoms with Gasteiger partial charge in [0.2, 0.25) is 0 Å². The topological polar surface area (TPSA) is 18.5 Å². The zero-order valence-corrected chi connectivity index (χ0v) is 14.1. The van der Waals surface area contributed by atoms with E-state index in [-0.39, 0.29) is 0 Å². The Bertz CT molecular complexity index is 367. The fourth-order valence-electron chi connectivity index (χ4n) is 1.66. The van der Waals surface area contributed by atoms with Gasteiger partial charge in [-0.2, -0.15) is 0 Å². The Hall–Kier alpha value is -0.0600. The van der Waals surface area contributed by atoms with Crippen LogP contribution in [-0.4, -0.2) is 19.8 Å². The molecule has 0 aliphatic carbocycles. The van der Waals surface area contributed by atoms with Crippen LogP contribution in [-0.2, 0) is 10.1 Å². The van der Waals surface area contributed by atoms with Gasteiger partial charge in [-0.1, -0.05) is 45.2 Å². The molecule has 0 heterocycles. The Balaban J connectivity index is 2.46. The third-order valence-corrected chi connectivity index (χ3v) is 3.64.